The second-order valence-electron chi connectivity index (χ2n) is 7.41. The summed E-state index contributed by atoms with van der Waals surface area (Å²) in [6.07, 6.45) is 5.88. The predicted molar refractivity (Wildman–Crippen MR) is 111 cm³/mol. The molecule has 1 amide bonds. The van der Waals surface area contributed by atoms with Gasteiger partial charge in [-0.05, 0) is 60.7 Å². The van der Waals surface area contributed by atoms with Crippen molar-refractivity contribution < 1.29 is 4.79 Å². The number of carbonyl (C=O) groups excluding carboxylic acids is 1. The van der Waals surface area contributed by atoms with E-state index in [1.165, 1.54) is 24.0 Å². The molecule has 5 nitrogen and oxygen atoms in total. The number of imidazole rings is 1. The fourth-order valence-electron chi connectivity index (χ4n) is 3.77. The molecule has 1 aliphatic rings. The van der Waals surface area contributed by atoms with Gasteiger partial charge in [0.05, 0.1) is 18.6 Å². The molecule has 2 heterocycles. The fourth-order valence-corrected chi connectivity index (χ4v) is 3.77. The van der Waals surface area contributed by atoms with Crippen LogP contribution in [0, 0.1) is 0 Å². The molecule has 28 heavy (non-hydrogen) atoms. The van der Waals surface area contributed by atoms with Gasteiger partial charge in [-0.2, -0.15) is 0 Å². The Hall–Kier alpha value is -2.92. The normalized spacial score (nSPS) is 14.8. The van der Waals surface area contributed by atoms with Gasteiger partial charge in [0.2, 0.25) is 0 Å². The molecule has 0 unspecified atom stereocenters. The van der Waals surface area contributed by atoms with Gasteiger partial charge in [0.15, 0.2) is 0 Å². The molecule has 2 N–H and O–H groups in total. The van der Waals surface area contributed by atoms with Crippen molar-refractivity contribution in [3.63, 3.8) is 0 Å². The molecule has 0 saturated carbocycles. The number of amides is 1. The van der Waals surface area contributed by atoms with Gasteiger partial charge in [0, 0.05) is 18.8 Å². The standard InChI is InChI=1S/C23H26N4O/c1-27-16-25-14-22(27)15-26-23(28)19-7-5-17(6-8-19)20-3-2-4-21(13-20)18-9-11-24-12-10-18/h2-8,13-14,16,18,24H,9-12,15H2,1H3,(H,26,28). The van der Waals surface area contributed by atoms with Crippen molar-refractivity contribution in [1.82, 2.24) is 20.2 Å². The lowest BCUT2D eigenvalue weighted by atomic mass is 9.88. The van der Waals surface area contributed by atoms with Crippen LogP contribution in [0.2, 0.25) is 0 Å². The Kier molecular flexibility index (Phi) is 5.53. The maximum absolute atomic E-state index is 12.4. The van der Waals surface area contributed by atoms with E-state index in [9.17, 15) is 4.79 Å². The van der Waals surface area contributed by atoms with Gasteiger partial charge < -0.3 is 15.2 Å². The number of hydrogen-bond donors (Lipinski definition) is 2. The van der Waals surface area contributed by atoms with Crippen LogP contribution >= 0.6 is 0 Å². The molecular formula is C23H26N4O. The number of benzene rings is 2. The quantitative estimate of drug-likeness (QED) is 0.719. The second kappa shape index (κ2) is 8.40. The smallest absolute Gasteiger partial charge is 0.251 e. The molecular weight excluding hydrogens is 348 g/mol. The Bertz CT molecular complexity index is 939. The van der Waals surface area contributed by atoms with Gasteiger partial charge in [0.25, 0.3) is 5.91 Å². The van der Waals surface area contributed by atoms with Gasteiger partial charge >= 0.3 is 0 Å². The van der Waals surface area contributed by atoms with E-state index in [1.807, 2.05) is 35.9 Å². The third-order valence-corrected chi connectivity index (χ3v) is 5.52. The summed E-state index contributed by atoms with van der Waals surface area (Å²) in [6, 6.07) is 16.7. The topological polar surface area (TPSA) is 59.0 Å². The highest BCUT2D eigenvalue weighted by atomic mass is 16.1. The van der Waals surface area contributed by atoms with Crippen molar-refractivity contribution in [3.05, 3.63) is 77.9 Å². The molecule has 144 valence electrons. The Morgan fingerprint density at radius 3 is 2.64 bits per heavy atom. The first-order valence-corrected chi connectivity index (χ1v) is 9.85. The predicted octanol–water partition coefficient (Wildman–Crippen LogP) is 3.48. The van der Waals surface area contributed by atoms with Crippen LogP contribution in [-0.4, -0.2) is 28.5 Å². The minimum Gasteiger partial charge on any atom is -0.346 e. The van der Waals surface area contributed by atoms with Gasteiger partial charge in [-0.1, -0.05) is 36.4 Å². The summed E-state index contributed by atoms with van der Waals surface area (Å²) in [5.74, 6) is 0.564. The lowest BCUT2D eigenvalue weighted by Gasteiger charge is -2.23. The van der Waals surface area contributed by atoms with Crippen molar-refractivity contribution in [2.45, 2.75) is 25.3 Å². The van der Waals surface area contributed by atoms with Crippen molar-refractivity contribution in [3.8, 4) is 11.1 Å². The van der Waals surface area contributed by atoms with Crippen LogP contribution in [0.3, 0.4) is 0 Å². The molecule has 5 heteroatoms. The number of rotatable bonds is 5. The first-order chi connectivity index (χ1) is 13.7. The van der Waals surface area contributed by atoms with E-state index in [-0.39, 0.29) is 5.91 Å². The van der Waals surface area contributed by atoms with E-state index in [4.69, 9.17) is 0 Å². The van der Waals surface area contributed by atoms with Crippen LogP contribution in [0.5, 0.6) is 0 Å². The summed E-state index contributed by atoms with van der Waals surface area (Å²) in [5.41, 5.74) is 5.40. The maximum Gasteiger partial charge on any atom is 0.251 e. The van der Waals surface area contributed by atoms with E-state index < -0.39 is 0 Å². The van der Waals surface area contributed by atoms with Crippen LogP contribution in [-0.2, 0) is 13.6 Å². The molecule has 0 aliphatic carbocycles. The summed E-state index contributed by atoms with van der Waals surface area (Å²) in [5, 5.41) is 6.37. The SMILES string of the molecule is Cn1cncc1CNC(=O)c1ccc(-c2cccc(C3CCNCC3)c2)cc1. The minimum absolute atomic E-state index is 0.0730. The largest absolute Gasteiger partial charge is 0.346 e. The monoisotopic (exact) mass is 374 g/mol. The average molecular weight is 374 g/mol. The second-order valence-corrected chi connectivity index (χ2v) is 7.41. The Morgan fingerprint density at radius 2 is 1.93 bits per heavy atom. The third-order valence-electron chi connectivity index (χ3n) is 5.52. The third kappa shape index (κ3) is 4.15. The Labute approximate surface area is 165 Å². The molecule has 0 bridgehead atoms. The van der Waals surface area contributed by atoms with Crippen molar-refractivity contribution in [2.75, 3.05) is 13.1 Å². The van der Waals surface area contributed by atoms with Crippen LogP contribution in [0.15, 0.2) is 61.1 Å². The highest BCUT2D eigenvalue weighted by Gasteiger charge is 2.15. The number of aryl methyl sites for hydroxylation is 1. The van der Waals surface area contributed by atoms with E-state index in [2.05, 4.69) is 39.9 Å². The molecule has 1 aromatic heterocycles. The molecule has 2 aromatic carbocycles. The van der Waals surface area contributed by atoms with Gasteiger partial charge in [-0.3, -0.25) is 4.79 Å². The van der Waals surface area contributed by atoms with E-state index in [0.717, 1.165) is 24.3 Å². The van der Waals surface area contributed by atoms with E-state index in [1.54, 1.807) is 12.5 Å². The molecule has 4 rings (SSSR count). The number of aromatic nitrogens is 2. The van der Waals surface area contributed by atoms with Gasteiger partial charge in [-0.15, -0.1) is 0 Å². The molecule has 1 aliphatic heterocycles. The van der Waals surface area contributed by atoms with E-state index >= 15 is 0 Å². The minimum atomic E-state index is -0.0730. The molecule has 0 spiro atoms. The van der Waals surface area contributed by atoms with Crippen LogP contribution in [0.1, 0.15) is 40.4 Å². The zero-order valence-electron chi connectivity index (χ0n) is 16.2. The number of carbonyl (C=O) groups is 1. The van der Waals surface area contributed by atoms with Crippen molar-refractivity contribution in [2.24, 2.45) is 7.05 Å². The number of piperidine rings is 1. The summed E-state index contributed by atoms with van der Waals surface area (Å²) >= 11 is 0. The zero-order chi connectivity index (χ0) is 19.3. The van der Waals surface area contributed by atoms with Gasteiger partial charge in [0.1, 0.15) is 0 Å². The summed E-state index contributed by atoms with van der Waals surface area (Å²) in [6.45, 7) is 2.66. The van der Waals surface area contributed by atoms with Crippen molar-refractivity contribution in [1.29, 1.82) is 0 Å². The summed E-state index contributed by atoms with van der Waals surface area (Å²) in [4.78, 5) is 16.5. The number of nitrogens with one attached hydrogen (secondary N) is 2. The fraction of sp³-hybridized carbons (Fsp3) is 0.304. The van der Waals surface area contributed by atoms with E-state index in [0.29, 0.717) is 18.0 Å². The van der Waals surface area contributed by atoms with Crippen LogP contribution in [0.25, 0.3) is 11.1 Å². The number of hydrogen-bond acceptors (Lipinski definition) is 3. The molecule has 3 aromatic rings. The molecule has 1 fully saturated rings. The highest BCUT2D eigenvalue weighted by molar-refractivity contribution is 5.94. The average Bonchev–Trinajstić information content (AvgIpc) is 3.17. The first kappa shape index (κ1) is 18.4. The molecule has 1 saturated heterocycles. The summed E-state index contributed by atoms with van der Waals surface area (Å²) in [7, 11) is 1.92. The highest BCUT2D eigenvalue weighted by Crippen LogP contribution is 2.29. The Balaban J connectivity index is 1.44. The van der Waals surface area contributed by atoms with Crippen LogP contribution in [0.4, 0.5) is 0 Å². The number of nitrogens with zero attached hydrogens (tertiary/aromatic N) is 2. The van der Waals surface area contributed by atoms with Crippen molar-refractivity contribution >= 4 is 5.91 Å². The molecule has 0 radical (unpaired) electrons. The first-order valence-electron chi connectivity index (χ1n) is 9.85. The maximum atomic E-state index is 12.4. The lowest BCUT2D eigenvalue weighted by molar-refractivity contribution is 0.0950. The lowest BCUT2D eigenvalue weighted by Crippen LogP contribution is -2.26. The van der Waals surface area contributed by atoms with Gasteiger partial charge in [-0.25, -0.2) is 4.98 Å². The van der Waals surface area contributed by atoms with Crippen LogP contribution < -0.4 is 10.6 Å². The Morgan fingerprint density at radius 1 is 1.14 bits per heavy atom. The zero-order valence-corrected chi connectivity index (χ0v) is 16.2. The summed E-state index contributed by atoms with van der Waals surface area (Å²) < 4.78 is 1.90. The molecule has 0 atom stereocenters.